The fourth-order valence-electron chi connectivity index (χ4n) is 3.19. The number of methoxy groups -OCH3 is 1. The van der Waals surface area contributed by atoms with Crippen molar-refractivity contribution in [3.8, 4) is 11.4 Å². The first-order valence-electron chi connectivity index (χ1n) is 8.71. The molecule has 1 saturated heterocycles. The molecule has 6 nitrogen and oxygen atoms in total. The summed E-state index contributed by atoms with van der Waals surface area (Å²) in [5.74, 6) is 0.230. The number of halogens is 1. The van der Waals surface area contributed by atoms with Crippen molar-refractivity contribution in [2.75, 3.05) is 7.11 Å². The summed E-state index contributed by atoms with van der Waals surface area (Å²) in [7, 11) is 1.54. The molecule has 0 spiro atoms. The van der Waals surface area contributed by atoms with Crippen molar-refractivity contribution in [3.05, 3.63) is 57.8 Å². The highest BCUT2D eigenvalue weighted by Crippen LogP contribution is 2.34. The third-order valence-electron chi connectivity index (χ3n) is 4.50. The van der Waals surface area contributed by atoms with E-state index < -0.39 is 5.25 Å². The molecule has 0 aliphatic carbocycles. The maximum Gasteiger partial charge on any atom is 0.319 e. The van der Waals surface area contributed by atoms with Crippen molar-refractivity contribution in [1.29, 1.82) is 0 Å². The van der Waals surface area contributed by atoms with Gasteiger partial charge in [-0.05, 0) is 37.3 Å². The summed E-state index contributed by atoms with van der Waals surface area (Å²) < 4.78 is 12.2. The van der Waals surface area contributed by atoms with Crippen LogP contribution in [0, 0.1) is 0 Å². The van der Waals surface area contributed by atoms with Crippen molar-refractivity contribution < 1.29 is 14.3 Å². The first-order valence-corrected chi connectivity index (χ1v) is 9.96. The fraction of sp³-hybridized carbons (Fsp3) is 0.250. The Morgan fingerprint density at radius 1 is 1.25 bits per heavy atom. The number of hydrogen-bond acceptors (Lipinski definition) is 6. The molecule has 1 aliphatic heterocycles. The van der Waals surface area contributed by atoms with Crippen LogP contribution in [0.25, 0.3) is 16.6 Å². The molecule has 1 fully saturated rings. The van der Waals surface area contributed by atoms with Crippen molar-refractivity contribution in [1.82, 2.24) is 9.55 Å². The number of hydrogen-bond donors (Lipinski definition) is 0. The average molecular weight is 417 g/mol. The Bertz CT molecular complexity index is 1130. The minimum absolute atomic E-state index is 0.161. The van der Waals surface area contributed by atoms with Crippen LogP contribution in [-0.2, 0) is 9.53 Å². The Balaban J connectivity index is 1.95. The van der Waals surface area contributed by atoms with Gasteiger partial charge in [0, 0.05) is 11.4 Å². The Morgan fingerprint density at radius 3 is 2.75 bits per heavy atom. The summed E-state index contributed by atoms with van der Waals surface area (Å²) in [5, 5.41) is 0.876. The van der Waals surface area contributed by atoms with Crippen LogP contribution in [0.4, 0.5) is 0 Å². The number of thioether (sulfide) groups is 1. The van der Waals surface area contributed by atoms with Crippen LogP contribution in [0.2, 0.25) is 5.02 Å². The van der Waals surface area contributed by atoms with Gasteiger partial charge in [-0.15, -0.1) is 0 Å². The highest BCUT2D eigenvalue weighted by molar-refractivity contribution is 8.00. The highest BCUT2D eigenvalue weighted by atomic mass is 35.5. The topological polar surface area (TPSA) is 70.4 Å². The van der Waals surface area contributed by atoms with E-state index in [1.165, 1.54) is 16.3 Å². The van der Waals surface area contributed by atoms with Crippen LogP contribution in [0.3, 0.4) is 0 Å². The summed E-state index contributed by atoms with van der Waals surface area (Å²) in [6.45, 7) is 1.85. The Kier molecular flexibility index (Phi) is 5.03. The van der Waals surface area contributed by atoms with Gasteiger partial charge in [0.05, 0.1) is 23.7 Å². The van der Waals surface area contributed by atoms with Crippen LogP contribution in [0.1, 0.15) is 13.3 Å². The van der Waals surface area contributed by atoms with Crippen molar-refractivity contribution in [3.63, 3.8) is 0 Å². The highest BCUT2D eigenvalue weighted by Gasteiger charge is 2.34. The fourth-order valence-corrected chi connectivity index (χ4v) is 4.57. The van der Waals surface area contributed by atoms with Gasteiger partial charge in [-0.25, -0.2) is 4.98 Å². The molecule has 8 heteroatoms. The molecular weight excluding hydrogens is 400 g/mol. The van der Waals surface area contributed by atoms with Gasteiger partial charge >= 0.3 is 5.97 Å². The van der Waals surface area contributed by atoms with Gasteiger partial charge in [-0.3, -0.25) is 14.2 Å². The summed E-state index contributed by atoms with van der Waals surface area (Å²) >= 11 is 7.31. The van der Waals surface area contributed by atoms with Gasteiger partial charge in [0.1, 0.15) is 17.1 Å². The van der Waals surface area contributed by atoms with Gasteiger partial charge in [-0.2, -0.15) is 0 Å². The first kappa shape index (κ1) is 18.8. The van der Waals surface area contributed by atoms with Crippen molar-refractivity contribution >= 4 is 40.2 Å². The second kappa shape index (κ2) is 7.48. The van der Waals surface area contributed by atoms with Gasteiger partial charge in [0.15, 0.2) is 5.16 Å². The zero-order chi connectivity index (χ0) is 19.8. The number of benzene rings is 2. The average Bonchev–Trinajstić information content (AvgIpc) is 2.98. The molecule has 2 aromatic carbocycles. The summed E-state index contributed by atoms with van der Waals surface area (Å²) in [4.78, 5) is 30.2. The Hall–Kier alpha value is -2.51. The maximum atomic E-state index is 13.3. The lowest BCUT2D eigenvalue weighted by Crippen LogP contribution is -2.24. The molecule has 0 unspecified atom stereocenters. The third-order valence-corrected chi connectivity index (χ3v) is 5.89. The second-order valence-corrected chi connectivity index (χ2v) is 8.06. The number of aromatic nitrogens is 2. The lowest BCUT2D eigenvalue weighted by molar-refractivity contribution is -0.140. The lowest BCUT2D eigenvalue weighted by Gasteiger charge is -2.16. The molecule has 0 bridgehead atoms. The number of cyclic esters (lactones) is 1. The molecule has 2 atom stereocenters. The van der Waals surface area contributed by atoms with E-state index in [9.17, 15) is 9.59 Å². The predicted octanol–water partition coefficient (Wildman–Crippen LogP) is 3.84. The molecule has 0 saturated carbocycles. The molecule has 1 aliphatic rings. The number of nitrogens with zero attached hydrogens (tertiary/aromatic N) is 2. The molecule has 3 aromatic rings. The number of ether oxygens (including phenoxy) is 2. The number of rotatable bonds is 4. The van der Waals surface area contributed by atoms with Gasteiger partial charge < -0.3 is 9.47 Å². The minimum Gasteiger partial charge on any atom is -0.495 e. The van der Waals surface area contributed by atoms with Crippen LogP contribution in [0.5, 0.6) is 5.75 Å². The number of carbonyl (C=O) groups is 1. The monoisotopic (exact) mass is 416 g/mol. The van der Waals surface area contributed by atoms with Gasteiger partial charge in [0.2, 0.25) is 0 Å². The lowest BCUT2D eigenvalue weighted by atomic mass is 10.2. The third kappa shape index (κ3) is 3.36. The van der Waals surface area contributed by atoms with E-state index >= 15 is 0 Å². The summed E-state index contributed by atoms with van der Waals surface area (Å²) in [6, 6.07) is 12.1. The zero-order valence-corrected chi connectivity index (χ0v) is 16.8. The molecule has 4 rings (SSSR count). The van der Waals surface area contributed by atoms with E-state index in [4.69, 9.17) is 21.1 Å². The molecule has 144 valence electrons. The maximum absolute atomic E-state index is 13.3. The SMILES string of the molecule is COc1ccccc1-n1c(S[C@@H]2C[C@H](C)OC2=O)nc2cc(Cl)ccc2c1=O. The normalized spacial score (nSPS) is 19.0. The van der Waals surface area contributed by atoms with Crippen LogP contribution in [-0.4, -0.2) is 34.0 Å². The van der Waals surface area contributed by atoms with Crippen molar-refractivity contribution in [2.24, 2.45) is 0 Å². The Labute approximate surface area is 170 Å². The van der Waals surface area contributed by atoms with E-state index in [0.29, 0.717) is 38.9 Å². The summed E-state index contributed by atoms with van der Waals surface area (Å²) in [6.07, 6.45) is 0.394. The molecule has 0 amide bonds. The van der Waals surface area contributed by atoms with E-state index in [2.05, 4.69) is 4.98 Å². The van der Waals surface area contributed by atoms with Crippen LogP contribution < -0.4 is 10.3 Å². The molecule has 0 radical (unpaired) electrons. The molecule has 1 aromatic heterocycles. The van der Waals surface area contributed by atoms with E-state index in [1.54, 1.807) is 37.4 Å². The molecular formula is C20H17ClN2O4S. The molecule has 2 heterocycles. The first-order chi connectivity index (χ1) is 13.5. The number of fused-ring (bicyclic) bond motifs is 1. The quantitative estimate of drug-likeness (QED) is 0.475. The van der Waals surface area contributed by atoms with Gasteiger partial charge in [0.25, 0.3) is 5.56 Å². The van der Waals surface area contributed by atoms with Crippen molar-refractivity contribution in [2.45, 2.75) is 29.9 Å². The van der Waals surface area contributed by atoms with E-state index in [-0.39, 0.29) is 17.6 Å². The van der Waals surface area contributed by atoms with E-state index in [0.717, 1.165) is 0 Å². The van der Waals surface area contributed by atoms with Crippen LogP contribution in [0.15, 0.2) is 52.4 Å². The van der Waals surface area contributed by atoms with Gasteiger partial charge in [-0.1, -0.05) is 35.5 Å². The second-order valence-electron chi connectivity index (χ2n) is 6.46. The minimum atomic E-state index is -0.431. The van der Waals surface area contributed by atoms with E-state index in [1.807, 2.05) is 19.1 Å². The number of carbonyl (C=O) groups excluding carboxylic acids is 1. The number of para-hydroxylation sites is 2. The number of esters is 1. The zero-order valence-electron chi connectivity index (χ0n) is 15.2. The predicted molar refractivity (Wildman–Crippen MR) is 109 cm³/mol. The Morgan fingerprint density at radius 2 is 2.04 bits per heavy atom. The smallest absolute Gasteiger partial charge is 0.319 e. The molecule has 0 N–H and O–H groups in total. The van der Waals surface area contributed by atoms with Crippen LogP contribution >= 0.6 is 23.4 Å². The largest absolute Gasteiger partial charge is 0.495 e. The summed E-state index contributed by atoms with van der Waals surface area (Å²) in [5.41, 5.74) is 0.778. The molecule has 28 heavy (non-hydrogen) atoms. The standard InChI is InChI=1S/C20H17ClN2O4S/c1-11-9-17(19(25)27-11)28-20-22-14-10-12(21)7-8-13(14)18(24)23(20)15-5-3-4-6-16(15)26-2/h3-8,10-11,17H,9H2,1-2H3/t11-,17+/m0/s1.